The first-order valence-electron chi connectivity index (χ1n) is 5.22. The summed E-state index contributed by atoms with van der Waals surface area (Å²) in [6.07, 6.45) is 4.70. The van der Waals surface area contributed by atoms with Gasteiger partial charge in [0.25, 0.3) is 5.91 Å². The smallest absolute Gasteiger partial charge is 0.294 e. The number of allylic oxidation sites excluding steroid dienone is 1. The normalized spacial score (nSPS) is 15.9. The molecule has 1 heterocycles. The van der Waals surface area contributed by atoms with E-state index in [1.807, 2.05) is 0 Å². The Morgan fingerprint density at radius 1 is 1.24 bits per heavy atom. The number of nitrogens with zero attached hydrogens (tertiary/aromatic N) is 1. The van der Waals surface area contributed by atoms with Gasteiger partial charge in [-0.2, -0.15) is 0 Å². The SMILES string of the molecule is O=[C]/C=C/c1ccccc1N1CCC(=O)C1=O. The van der Waals surface area contributed by atoms with Crippen LogP contribution >= 0.6 is 0 Å². The van der Waals surface area contributed by atoms with E-state index in [-0.39, 0.29) is 12.2 Å². The number of hydrogen-bond acceptors (Lipinski definition) is 3. The lowest BCUT2D eigenvalue weighted by Crippen LogP contribution is -2.27. The number of ketones is 1. The molecule has 0 unspecified atom stereocenters. The topological polar surface area (TPSA) is 54.5 Å². The monoisotopic (exact) mass is 228 g/mol. The summed E-state index contributed by atoms with van der Waals surface area (Å²) in [5, 5.41) is 0. The van der Waals surface area contributed by atoms with E-state index in [9.17, 15) is 14.4 Å². The quantitative estimate of drug-likeness (QED) is 0.575. The van der Waals surface area contributed by atoms with Crippen molar-refractivity contribution < 1.29 is 14.4 Å². The molecular formula is C13H10NO3. The maximum absolute atomic E-state index is 11.6. The number of amides is 1. The largest absolute Gasteiger partial charge is 0.305 e. The molecule has 1 radical (unpaired) electrons. The molecule has 2 rings (SSSR count). The molecule has 1 aromatic carbocycles. The lowest BCUT2D eigenvalue weighted by atomic mass is 10.1. The van der Waals surface area contributed by atoms with Crippen LogP contribution in [0.4, 0.5) is 5.69 Å². The van der Waals surface area contributed by atoms with Gasteiger partial charge in [-0.1, -0.05) is 18.2 Å². The lowest BCUT2D eigenvalue weighted by Gasteiger charge is -2.17. The molecule has 0 N–H and O–H groups in total. The molecule has 1 aromatic rings. The fourth-order valence-electron chi connectivity index (χ4n) is 1.80. The van der Waals surface area contributed by atoms with E-state index in [1.54, 1.807) is 36.6 Å². The zero-order valence-electron chi connectivity index (χ0n) is 9.05. The zero-order chi connectivity index (χ0) is 12.3. The average molecular weight is 228 g/mol. The van der Waals surface area contributed by atoms with Crippen LogP contribution in [-0.2, 0) is 14.4 Å². The van der Waals surface area contributed by atoms with Crippen molar-refractivity contribution in [2.45, 2.75) is 6.42 Å². The van der Waals surface area contributed by atoms with Gasteiger partial charge in [0.15, 0.2) is 0 Å². The number of Topliss-reactive ketones (excluding diaryl/α,β-unsaturated/α-hetero) is 1. The third-order valence-electron chi connectivity index (χ3n) is 2.60. The summed E-state index contributed by atoms with van der Waals surface area (Å²) in [6, 6.07) is 7.12. The summed E-state index contributed by atoms with van der Waals surface area (Å²) >= 11 is 0. The Labute approximate surface area is 98.5 Å². The molecule has 0 spiro atoms. The molecule has 1 aliphatic heterocycles. The van der Waals surface area contributed by atoms with Gasteiger partial charge in [-0.15, -0.1) is 0 Å². The standard InChI is InChI=1S/C13H10NO3/c15-9-3-5-10-4-1-2-6-11(10)14-8-7-12(16)13(14)17/h1-6H,7-8H2/b5-3+. The Kier molecular flexibility index (Phi) is 3.14. The van der Waals surface area contributed by atoms with Gasteiger partial charge in [-0.25, -0.2) is 0 Å². The van der Waals surface area contributed by atoms with Crippen LogP contribution in [0.2, 0.25) is 0 Å². The molecule has 85 valence electrons. The van der Waals surface area contributed by atoms with Crippen LogP contribution in [0.3, 0.4) is 0 Å². The lowest BCUT2D eigenvalue weighted by molar-refractivity contribution is -0.133. The fraction of sp³-hybridized carbons (Fsp3) is 0.154. The van der Waals surface area contributed by atoms with E-state index in [0.717, 1.165) is 5.56 Å². The Morgan fingerprint density at radius 3 is 2.65 bits per heavy atom. The van der Waals surface area contributed by atoms with E-state index >= 15 is 0 Å². The third-order valence-corrected chi connectivity index (χ3v) is 2.60. The van der Waals surface area contributed by atoms with Crippen molar-refractivity contribution >= 4 is 29.7 Å². The van der Waals surface area contributed by atoms with Crippen molar-refractivity contribution in [3.8, 4) is 0 Å². The highest BCUT2D eigenvalue weighted by atomic mass is 16.2. The minimum absolute atomic E-state index is 0.247. The summed E-state index contributed by atoms with van der Waals surface area (Å²) in [5.41, 5.74) is 1.37. The fourth-order valence-corrected chi connectivity index (χ4v) is 1.80. The number of hydrogen-bond donors (Lipinski definition) is 0. The Bertz CT molecular complexity index is 505. The van der Waals surface area contributed by atoms with Gasteiger partial charge in [0.2, 0.25) is 12.1 Å². The molecular weight excluding hydrogens is 218 g/mol. The molecule has 0 atom stereocenters. The van der Waals surface area contributed by atoms with Crippen LogP contribution in [0.5, 0.6) is 0 Å². The van der Waals surface area contributed by atoms with E-state index in [2.05, 4.69) is 0 Å². The summed E-state index contributed by atoms with van der Waals surface area (Å²) < 4.78 is 0. The van der Waals surface area contributed by atoms with E-state index in [0.29, 0.717) is 12.2 Å². The molecule has 1 aliphatic rings. The number of carbonyl (C=O) groups is 2. The highest BCUT2D eigenvalue weighted by Crippen LogP contribution is 2.25. The maximum Gasteiger partial charge on any atom is 0.294 e. The first-order valence-corrected chi connectivity index (χ1v) is 5.22. The molecule has 1 fully saturated rings. The van der Waals surface area contributed by atoms with Gasteiger partial charge in [-0.3, -0.25) is 14.4 Å². The van der Waals surface area contributed by atoms with Crippen molar-refractivity contribution in [1.29, 1.82) is 0 Å². The molecule has 4 heteroatoms. The second-order valence-electron chi connectivity index (χ2n) is 3.64. The first-order chi connectivity index (χ1) is 8.24. The average Bonchev–Trinajstić information content (AvgIpc) is 2.68. The second-order valence-corrected chi connectivity index (χ2v) is 3.64. The van der Waals surface area contributed by atoms with Crippen molar-refractivity contribution in [2.24, 2.45) is 0 Å². The van der Waals surface area contributed by atoms with Crippen molar-refractivity contribution in [2.75, 3.05) is 11.4 Å². The van der Waals surface area contributed by atoms with E-state index in [1.165, 1.54) is 11.0 Å². The van der Waals surface area contributed by atoms with Gasteiger partial charge in [0.05, 0.1) is 5.69 Å². The zero-order valence-corrected chi connectivity index (χ0v) is 9.05. The number of rotatable bonds is 3. The summed E-state index contributed by atoms with van der Waals surface area (Å²) in [4.78, 5) is 34.4. The van der Waals surface area contributed by atoms with Gasteiger partial charge in [0.1, 0.15) is 0 Å². The predicted octanol–water partition coefficient (Wildman–Crippen LogP) is 1.12. The van der Waals surface area contributed by atoms with Gasteiger partial charge in [-0.05, 0) is 23.8 Å². The minimum atomic E-state index is -0.485. The number of carbonyl (C=O) groups excluding carboxylic acids is 3. The number of benzene rings is 1. The van der Waals surface area contributed by atoms with Crippen LogP contribution in [0.1, 0.15) is 12.0 Å². The Balaban J connectivity index is 2.38. The van der Waals surface area contributed by atoms with Crippen LogP contribution in [0, 0.1) is 0 Å². The van der Waals surface area contributed by atoms with E-state index < -0.39 is 5.91 Å². The van der Waals surface area contributed by atoms with Gasteiger partial charge < -0.3 is 4.90 Å². The van der Waals surface area contributed by atoms with Crippen molar-refractivity contribution in [3.05, 3.63) is 35.9 Å². The molecule has 4 nitrogen and oxygen atoms in total. The Morgan fingerprint density at radius 2 is 2.00 bits per heavy atom. The molecule has 0 saturated carbocycles. The minimum Gasteiger partial charge on any atom is -0.305 e. The molecule has 1 amide bonds. The van der Waals surface area contributed by atoms with Gasteiger partial charge >= 0.3 is 0 Å². The number of para-hydroxylation sites is 1. The Hall–Kier alpha value is -2.23. The first kappa shape index (κ1) is 11.3. The molecule has 0 aliphatic carbocycles. The molecule has 0 aromatic heterocycles. The van der Waals surface area contributed by atoms with E-state index in [4.69, 9.17) is 0 Å². The van der Waals surface area contributed by atoms with Crippen molar-refractivity contribution in [3.63, 3.8) is 0 Å². The van der Waals surface area contributed by atoms with Crippen molar-refractivity contribution in [1.82, 2.24) is 0 Å². The summed E-state index contributed by atoms with van der Waals surface area (Å²) in [5.74, 6) is -0.855. The summed E-state index contributed by atoms with van der Waals surface area (Å²) in [6.45, 7) is 0.396. The second kappa shape index (κ2) is 4.74. The summed E-state index contributed by atoms with van der Waals surface area (Å²) in [7, 11) is 0. The van der Waals surface area contributed by atoms with Crippen LogP contribution in [0.25, 0.3) is 6.08 Å². The molecule has 17 heavy (non-hydrogen) atoms. The molecule has 0 bridgehead atoms. The highest BCUT2D eigenvalue weighted by Gasteiger charge is 2.30. The maximum atomic E-state index is 11.6. The van der Waals surface area contributed by atoms with Crippen LogP contribution < -0.4 is 4.90 Å². The van der Waals surface area contributed by atoms with Crippen LogP contribution in [-0.4, -0.2) is 24.5 Å². The molecule has 1 saturated heterocycles. The van der Waals surface area contributed by atoms with Crippen LogP contribution in [0.15, 0.2) is 30.3 Å². The van der Waals surface area contributed by atoms with Gasteiger partial charge in [0, 0.05) is 13.0 Å². The predicted molar refractivity (Wildman–Crippen MR) is 63.1 cm³/mol. The third kappa shape index (κ3) is 2.15. The number of anilines is 1. The highest BCUT2D eigenvalue weighted by molar-refractivity contribution is 6.43.